The highest BCUT2D eigenvalue weighted by Gasteiger charge is 2.46. The highest BCUT2D eigenvalue weighted by Crippen LogP contribution is 2.36. The van der Waals surface area contributed by atoms with E-state index in [1.807, 2.05) is 35.7 Å². The summed E-state index contributed by atoms with van der Waals surface area (Å²) in [5.41, 5.74) is 0. The van der Waals surface area contributed by atoms with E-state index < -0.39 is 0 Å². The van der Waals surface area contributed by atoms with Crippen molar-refractivity contribution in [3.63, 3.8) is 0 Å². The molecule has 8 heteroatoms. The van der Waals surface area contributed by atoms with Gasteiger partial charge in [0.25, 0.3) is 0 Å². The summed E-state index contributed by atoms with van der Waals surface area (Å²) in [5.74, 6) is 1.27. The molecule has 27 heavy (non-hydrogen) atoms. The van der Waals surface area contributed by atoms with Crippen LogP contribution in [0.25, 0.3) is 0 Å². The van der Waals surface area contributed by atoms with E-state index in [4.69, 9.17) is 0 Å². The highest BCUT2D eigenvalue weighted by atomic mass is 32.2. The molecule has 0 unspecified atom stereocenters. The second-order valence-corrected chi connectivity index (χ2v) is 8.85. The predicted octanol–water partition coefficient (Wildman–Crippen LogP) is 1.82. The molecule has 0 saturated carbocycles. The van der Waals surface area contributed by atoms with Crippen LogP contribution in [0, 0.1) is 0 Å². The monoisotopic (exact) mass is 398 g/mol. The van der Waals surface area contributed by atoms with Crippen LogP contribution in [0.1, 0.15) is 51.4 Å². The fourth-order valence-corrected chi connectivity index (χ4v) is 5.49. The van der Waals surface area contributed by atoms with Crippen LogP contribution in [0.5, 0.6) is 0 Å². The second-order valence-electron chi connectivity index (χ2n) is 7.57. The summed E-state index contributed by atoms with van der Waals surface area (Å²) in [5, 5.41) is 6.14. The molecular formula is C19H34N4O3S. The normalized spacial score (nSPS) is 23.9. The lowest BCUT2D eigenvalue weighted by molar-refractivity contribution is -0.130. The highest BCUT2D eigenvalue weighted by molar-refractivity contribution is 8.00. The molecule has 154 valence electrons. The first-order chi connectivity index (χ1) is 12.9. The van der Waals surface area contributed by atoms with E-state index in [0.29, 0.717) is 24.1 Å². The van der Waals surface area contributed by atoms with Gasteiger partial charge >= 0.3 is 6.03 Å². The van der Waals surface area contributed by atoms with Gasteiger partial charge in [-0.2, -0.15) is 11.8 Å². The smallest absolute Gasteiger partial charge is 0.317 e. The number of carbonyl (C=O) groups is 3. The average Bonchev–Trinajstić information content (AvgIpc) is 3.17. The number of amides is 4. The van der Waals surface area contributed by atoms with Crippen molar-refractivity contribution in [1.29, 1.82) is 0 Å². The van der Waals surface area contributed by atoms with Gasteiger partial charge in [0.05, 0.1) is 12.1 Å². The molecule has 0 aromatic carbocycles. The second kappa shape index (κ2) is 10.8. The summed E-state index contributed by atoms with van der Waals surface area (Å²) in [4.78, 5) is 38.8. The van der Waals surface area contributed by atoms with Crippen molar-refractivity contribution in [2.24, 2.45) is 0 Å². The third-order valence-corrected chi connectivity index (χ3v) is 7.08. The number of likely N-dealkylation sites (N-methyl/N-ethyl adjacent to an activating group) is 1. The fraction of sp³-hybridized carbons (Fsp3) is 0.842. The SMILES string of the molecule is CNC(=O)CCCCCN(C)C(=O)CCCC[C@@H]1SC[C@@H]2NC(=O)N(C)[C@@H]21. The van der Waals surface area contributed by atoms with Crippen LogP contribution in [0.3, 0.4) is 0 Å². The number of fused-ring (bicyclic) bond motifs is 1. The lowest BCUT2D eigenvalue weighted by Gasteiger charge is -2.23. The molecule has 2 aliphatic rings. The van der Waals surface area contributed by atoms with Crippen molar-refractivity contribution in [3.05, 3.63) is 0 Å². The van der Waals surface area contributed by atoms with Gasteiger partial charge in [0.15, 0.2) is 0 Å². The van der Waals surface area contributed by atoms with Crippen LogP contribution in [0.4, 0.5) is 4.79 Å². The number of hydrogen-bond acceptors (Lipinski definition) is 4. The van der Waals surface area contributed by atoms with Gasteiger partial charge in [0, 0.05) is 51.5 Å². The molecule has 4 amide bonds. The van der Waals surface area contributed by atoms with Gasteiger partial charge in [-0.3, -0.25) is 9.59 Å². The Kier molecular flexibility index (Phi) is 8.73. The first-order valence-corrected chi connectivity index (χ1v) is 11.1. The van der Waals surface area contributed by atoms with Crippen LogP contribution >= 0.6 is 11.8 Å². The van der Waals surface area contributed by atoms with E-state index in [0.717, 1.165) is 50.8 Å². The van der Waals surface area contributed by atoms with E-state index in [1.165, 1.54) is 0 Å². The first kappa shape index (κ1) is 21.9. The van der Waals surface area contributed by atoms with E-state index in [9.17, 15) is 14.4 Å². The molecule has 0 spiro atoms. The van der Waals surface area contributed by atoms with Crippen molar-refractivity contribution < 1.29 is 14.4 Å². The van der Waals surface area contributed by atoms with Gasteiger partial charge in [0.2, 0.25) is 11.8 Å². The first-order valence-electron chi connectivity index (χ1n) is 10.0. The van der Waals surface area contributed by atoms with Crippen molar-refractivity contribution >= 4 is 29.6 Å². The molecule has 0 aliphatic carbocycles. The van der Waals surface area contributed by atoms with Crippen LogP contribution < -0.4 is 10.6 Å². The molecule has 3 atom stereocenters. The zero-order valence-electron chi connectivity index (χ0n) is 16.8. The molecule has 2 saturated heterocycles. The molecular weight excluding hydrogens is 364 g/mol. The molecule has 2 N–H and O–H groups in total. The van der Waals surface area contributed by atoms with Crippen LogP contribution in [-0.4, -0.2) is 78.4 Å². The number of rotatable bonds is 11. The number of nitrogens with one attached hydrogen (secondary N) is 2. The Bertz CT molecular complexity index is 531. The predicted molar refractivity (Wildman–Crippen MR) is 109 cm³/mol. The molecule has 0 aromatic heterocycles. The minimum Gasteiger partial charge on any atom is -0.359 e. The van der Waals surface area contributed by atoms with Gasteiger partial charge in [-0.15, -0.1) is 0 Å². The Labute approximate surface area is 167 Å². The molecule has 2 fully saturated rings. The number of hydrogen-bond donors (Lipinski definition) is 2. The summed E-state index contributed by atoms with van der Waals surface area (Å²) in [6, 6.07) is 0.631. The van der Waals surface area contributed by atoms with Crippen molar-refractivity contribution in [3.8, 4) is 0 Å². The molecule has 0 bridgehead atoms. The number of carbonyl (C=O) groups excluding carboxylic acids is 3. The Morgan fingerprint density at radius 3 is 2.70 bits per heavy atom. The molecule has 0 radical (unpaired) electrons. The Morgan fingerprint density at radius 1 is 1.22 bits per heavy atom. The maximum absolute atomic E-state index is 12.2. The Morgan fingerprint density at radius 2 is 1.96 bits per heavy atom. The van der Waals surface area contributed by atoms with Gasteiger partial charge in [-0.25, -0.2) is 4.79 Å². The standard InChI is InChI=1S/C19H34N4O3S/c1-20-16(24)10-5-4-8-12-22(2)17(25)11-7-6-9-15-18-14(13-27-15)21-19(26)23(18)3/h14-15,18H,4-13H2,1-3H3,(H,20,24)(H,21,26)/t14-,15-,18-/m0/s1. The number of nitrogens with zero attached hydrogens (tertiary/aromatic N) is 2. The largest absolute Gasteiger partial charge is 0.359 e. The summed E-state index contributed by atoms with van der Waals surface area (Å²) in [6.45, 7) is 0.757. The number of unbranched alkanes of at least 4 members (excludes halogenated alkanes) is 3. The fourth-order valence-electron chi connectivity index (χ4n) is 3.85. The van der Waals surface area contributed by atoms with Gasteiger partial charge in [-0.1, -0.05) is 12.8 Å². The summed E-state index contributed by atoms with van der Waals surface area (Å²) in [7, 11) is 5.40. The molecule has 2 heterocycles. The lowest BCUT2D eigenvalue weighted by atomic mass is 10.0. The van der Waals surface area contributed by atoms with Gasteiger partial charge in [-0.05, 0) is 25.7 Å². The summed E-state index contributed by atoms with van der Waals surface area (Å²) >= 11 is 1.94. The maximum Gasteiger partial charge on any atom is 0.317 e. The van der Waals surface area contributed by atoms with Crippen LogP contribution in [0.2, 0.25) is 0 Å². The average molecular weight is 399 g/mol. The van der Waals surface area contributed by atoms with E-state index in [-0.39, 0.29) is 23.9 Å². The van der Waals surface area contributed by atoms with Gasteiger partial charge in [0.1, 0.15) is 0 Å². The number of urea groups is 1. The summed E-state index contributed by atoms with van der Waals surface area (Å²) in [6.07, 6.45) is 6.91. The molecule has 2 aliphatic heterocycles. The van der Waals surface area contributed by atoms with Gasteiger partial charge < -0.3 is 20.4 Å². The lowest BCUT2D eigenvalue weighted by Crippen LogP contribution is -2.38. The van der Waals surface area contributed by atoms with Crippen molar-refractivity contribution in [2.75, 3.05) is 33.4 Å². The van der Waals surface area contributed by atoms with E-state index >= 15 is 0 Å². The van der Waals surface area contributed by atoms with E-state index in [1.54, 1.807) is 7.05 Å². The van der Waals surface area contributed by atoms with Crippen LogP contribution in [-0.2, 0) is 9.59 Å². The zero-order valence-corrected chi connectivity index (χ0v) is 17.6. The zero-order chi connectivity index (χ0) is 19.8. The molecule has 0 aromatic rings. The quantitative estimate of drug-likeness (QED) is 0.411. The Balaban J connectivity index is 1.54. The third kappa shape index (κ3) is 6.30. The molecule has 2 rings (SSSR count). The maximum atomic E-state index is 12.2. The van der Waals surface area contributed by atoms with Crippen molar-refractivity contribution in [2.45, 2.75) is 68.7 Å². The van der Waals surface area contributed by atoms with E-state index in [2.05, 4.69) is 10.6 Å². The topological polar surface area (TPSA) is 81.8 Å². The third-order valence-electron chi connectivity index (χ3n) is 5.59. The minimum absolute atomic E-state index is 0.0439. The number of thioether (sulfide) groups is 1. The van der Waals surface area contributed by atoms with Crippen LogP contribution in [0.15, 0.2) is 0 Å². The minimum atomic E-state index is 0.0439. The summed E-state index contributed by atoms with van der Waals surface area (Å²) < 4.78 is 0. The van der Waals surface area contributed by atoms with Crippen molar-refractivity contribution in [1.82, 2.24) is 20.4 Å². The Hall–Kier alpha value is -1.44. The molecule has 7 nitrogen and oxygen atoms in total.